The van der Waals surface area contributed by atoms with Crippen molar-refractivity contribution in [3.05, 3.63) is 51.6 Å². The second-order valence-corrected chi connectivity index (χ2v) is 6.06. The van der Waals surface area contributed by atoms with Crippen LogP contribution in [-0.4, -0.2) is 11.0 Å². The van der Waals surface area contributed by atoms with Crippen LogP contribution in [0.3, 0.4) is 0 Å². The number of halogens is 2. The molecule has 0 aliphatic heterocycles. The smallest absolute Gasteiger partial charge is 0.219 e. The molecular weight excluding hydrogens is 340 g/mol. The first-order valence-corrected chi connectivity index (χ1v) is 7.69. The van der Waals surface area contributed by atoms with Crippen LogP contribution in [0, 0.1) is 0 Å². The van der Waals surface area contributed by atoms with Gasteiger partial charge in [0.1, 0.15) is 5.75 Å². The van der Waals surface area contributed by atoms with Crippen LogP contribution in [0.2, 0.25) is 5.02 Å². The predicted molar refractivity (Wildman–Crippen MR) is 83.3 cm³/mol. The highest BCUT2D eigenvalue weighted by atomic mass is 79.9. The topological polar surface area (TPSA) is 34.1 Å². The Balaban J connectivity index is 1.75. The normalized spacial score (nSPS) is 14.3. The molecule has 20 heavy (non-hydrogen) atoms. The number of aromatic nitrogens is 1. The van der Waals surface area contributed by atoms with Gasteiger partial charge < -0.3 is 10.1 Å². The minimum absolute atomic E-state index is 0.550. The van der Waals surface area contributed by atoms with Gasteiger partial charge >= 0.3 is 0 Å². The van der Waals surface area contributed by atoms with Crippen LogP contribution in [-0.2, 0) is 6.54 Å². The highest BCUT2D eigenvalue weighted by Gasteiger charge is 2.20. The fourth-order valence-electron chi connectivity index (χ4n) is 1.83. The van der Waals surface area contributed by atoms with E-state index in [1.165, 1.54) is 12.8 Å². The standard InChI is InChI=1S/C15H14BrClN2O/c16-12-3-1-2-4-14(12)20-15-7-10(13(17)9-19-15)8-18-11-5-6-11/h1-4,7,9,11,18H,5-6,8H2. The van der Waals surface area contributed by atoms with Gasteiger partial charge in [-0.2, -0.15) is 0 Å². The van der Waals surface area contributed by atoms with Crippen LogP contribution in [0.1, 0.15) is 18.4 Å². The summed E-state index contributed by atoms with van der Waals surface area (Å²) in [6.45, 7) is 0.748. The number of ether oxygens (including phenoxy) is 1. The van der Waals surface area contributed by atoms with E-state index in [0.717, 1.165) is 22.3 Å². The summed E-state index contributed by atoms with van der Waals surface area (Å²) < 4.78 is 6.68. The number of hydrogen-bond acceptors (Lipinski definition) is 3. The van der Waals surface area contributed by atoms with Gasteiger partial charge in [-0.1, -0.05) is 23.7 Å². The zero-order chi connectivity index (χ0) is 13.9. The number of pyridine rings is 1. The van der Waals surface area contributed by atoms with E-state index in [1.807, 2.05) is 30.3 Å². The van der Waals surface area contributed by atoms with Gasteiger partial charge in [-0.3, -0.25) is 0 Å². The summed E-state index contributed by atoms with van der Waals surface area (Å²) in [7, 11) is 0. The molecule has 0 spiro atoms. The van der Waals surface area contributed by atoms with Gasteiger partial charge in [0.05, 0.1) is 9.50 Å². The van der Waals surface area contributed by atoms with Crippen LogP contribution in [0.15, 0.2) is 41.0 Å². The molecule has 104 valence electrons. The van der Waals surface area contributed by atoms with Gasteiger partial charge in [0.15, 0.2) is 0 Å². The molecular formula is C15H14BrClN2O. The van der Waals surface area contributed by atoms with E-state index in [9.17, 15) is 0 Å². The van der Waals surface area contributed by atoms with E-state index in [0.29, 0.717) is 16.9 Å². The van der Waals surface area contributed by atoms with Crippen LogP contribution < -0.4 is 10.1 Å². The van der Waals surface area contributed by atoms with E-state index >= 15 is 0 Å². The molecule has 0 bridgehead atoms. The molecule has 0 atom stereocenters. The molecule has 0 radical (unpaired) electrons. The molecule has 0 amide bonds. The molecule has 1 aliphatic carbocycles. The Morgan fingerprint density at radius 1 is 1.35 bits per heavy atom. The Morgan fingerprint density at radius 3 is 2.90 bits per heavy atom. The summed E-state index contributed by atoms with van der Waals surface area (Å²) in [4.78, 5) is 4.22. The molecule has 1 N–H and O–H groups in total. The Kier molecular flexibility index (Phi) is 4.24. The van der Waals surface area contributed by atoms with Gasteiger partial charge in [0.2, 0.25) is 5.88 Å². The molecule has 1 saturated carbocycles. The lowest BCUT2D eigenvalue weighted by molar-refractivity contribution is 0.459. The third kappa shape index (κ3) is 3.51. The number of benzene rings is 1. The minimum atomic E-state index is 0.550. The molecule has 3 nitrogen and oxygen atoms in total. The van der Waals surface area contributed by atoms with Crippen molar-refractivity contribution in [3.8, 4) is 11.6 Å². The molecule has 2 aromatic rings. The molecule has 3 rings (SSSR count). The second kappa shape index (κ2) is 6.12. The summed E-state index contributed by atoms with van der Waals surface area (Å²) in [5, 5.41) is 4.10. The Bertz CT molecular complexity index is 617. The van der Waals surface area contributed by atoms with Gasteiger partial charge in [-0.25, -0.2) is 4.98 Å². The zero-order valence-electron chi connectivity index (χ0n) is 10.8. The lowest BCUT2D eigenvalue weighted by Crippen LogP contribution is -2.15. The van der Waals surface area contributed by atoms with Gasteiger partial charge in [-0.15, -0.1) is 0 Å². The average molecular weight is 354 g/mol. The Morgan fingerprint density at radius 2 is 2.15 bits per heavy atom. The number of para-hydroxylation sites is 1. The summed E-state index contributed by atoms with van der Waals surface area (Å²) in [6.07, 6.45) is 4.14. The number of nitrogens with one attached hydrogen (secondary N) is 1. The zero-order valence-corrected chi connectivity index (χ0v) is 13.1. The van der Waals surface area contributed by atoms with Gasteiger partial charge in [-0.05, 0) is 46.5 Å². The van der Waals surface area contributed by atoms with E-state index in [2.05, 4.69) is 26.2 Å². The Labute approximate surface area is 131 Å². The summed E-state index contributed by atoms with van der Waals surface area (Å²) in [6, 6.07) is 10.2. The first-order valence-electron chi connectivity index (χ1n) is 6.52. The number of rotatable bonds is 5. The minimum Gasteiger partial charge on any atom is -0.438 e. The summed E-state index contributed by atoms with van der Waals surface area (Å²) >= 11 is 9.62. The van der Waals surface area contributed by atoms with Crippen molar-refractivity contribution < 1.29 is 4.74 Å². The fourth-order valence-corrected chi connectivity index (χ4v) is 2.37. The van der Waals surface area contributed by atoms with Crippen molar-refractivity contribution in [2.75, 3.05) is 0 Å². The molecule has 5 heteroatoms. The van der Waals surface area contributed by atoms with E-state index in [1.54, 1.807) is 6.20 Å². The maximum absolute atomic E-state index is 6.17. The van der Waals surface area contributed by atoms with Gasteiger partial charge in [0.25, 0.3) is 0 Å². The van der Waals surface area contributed by atoms with Crippen LogP contribution in [0.25, 0.3) is 0 Å². The van der Waals surface area contributed by atoms with Crippen molar-refractivity contribution in [3.63, 3.8) is 0 Å². The highest BCUT2D eigenvalue weighted by molar-refractivity contribution is 9.10. The molecule has 1 aliphatic rings. The molecule has 1 aromatic heterocycles. The molecule has 1 aromatic carbocycles. The molecule has 0 saturated heterocycles. The second-order valence-electron chi connectivity index (χ2n) is 4.80. The predicted octanol–water partition coefficient (Wildman–Crippen LogP) is 4.54. The van der Waals surface area contributed by atoms with Crippen molar-refractivity contribution >= 4 is 27.5 Å². The van der Waals surface area contributed by atoms with Crippen molar-refractivity contribution in [1.29, 1.82) is 0 Å². The Hall–Kier alpha value is -1.10. The van der Waals surface area contributed by atoms with Crippen molar-refractivity contribution in [2.45, 2.75) is 25.4 Å². The van der Waals surface area contributed by atoms with E-state index in [-0.39, 0.29) is 0 Å². The molecule has 1 heterocycles. The number of hydrogen-bond donors (Lipinski definition) is 1. The van der Waals surface area contributed by atoms with E-state index < -0.39 is 0 Å². The first kappa shape index (κ1) is 13.9. The van der Waals surface area contributed by atoms with Crippen LogP contribution in [0.4, 0.5) is 0 Å². The summed E-state index contributed by atoms with van der Waals surface area (Å²) in [5.41, 5.74) is 1.01. The molecule has 0 unspecified atom stereocenters. The maximum Gasteiger partial charge on any atom is 0.219 e. The lowest BCUT2D eigenvalue weighted by atomic mass is 10.2. The van der Waals surface area contributed by atoms with Crippen molar-refractivity contribution in [2.24, 2.45) is 0 Å². The van der Waals surface area contributed by atoms with Gasteiger partial charge in [0, 0.05) is 24.8 Å². The quantitative estimate of drug-likeness (QED) is 0.857. The maximum atomic E-state index is 6.17. The lowest BCUT2D eigenvalue weighted by Gasteiger charge is -2.10. The van der Waals surface area contributed by atoms with Crippen LogP contribution >= 0.6 is 27.5 Å². The summed E-state index contributed by atoms with van der Waals surface area (Å²) in [5.74, 6) is 1.29. The highest BCUT2D eigenvalue weighted by Crippen LogP contribution is 2.30. The van der Waals surface area contributed by atoms with Crippen molar-refractivity contribution in [1.82, 2.24) is 10.3 Å². The SMILES string of the molecule is Clc1cnc(Oc2ccccc2Br)cc1CNC1CC1. The fraction of sp³-hybridized carbons (Fsp3) is 0.267. The first-order chi connectivity index (χ1) is 9.72. The third-order valence-corrected chi connectivity index (χ3v) is 4.11. The molecule has 1 fully saturated rings. The monoisotopic (exact) mass is 352 g/mol. The largest absolute Gasteiger partial charge is 0.438 e. The number of nitrogens with zero attached hydrogens (tertiary/aromatic N) is 1. The van der Waals surface area contributed by atoms with E-state index in [4.69, 9.17) is 16.3 Å². The average Bonchev–Trinajstić information content (AvgIpc) is 3.26. The third-order valence-electron chi connectivity index (χ3n) is 3.12. The van der Waals surface area contributed by atoms with Crippen LogP contribution in [0.5, 0.6) is 11.6 Å².